The molecule has 0 fully saturated rings. The molecular formula is C11H13NO3S. The predicted octanol–water partition coefficient (Wildman–Crippen LogP) is 2.32. The Hall–Kier alpha value is -1.20. The van der Waals surface area contributed by atoms with Crippen LogP contribution < -0.4 is 0 Å². The van der Waals surface area contributed by atoms with Crippen LogP contribution in [0.1, 0.15) is 26.3 Å². The van der Waals surface area contributed by atoms with Gasteiger partial charge in [0, 0.05) is 11.1 Å². The molecule has 0 saturated carbocycles. The van der Waals surface area contributed by atoms with Crippen LogP contribution in [0.5, 0.6) is 0 Å². The van der Waals surface area contributed by atoms with E-state index in [9.17, 15) is 8.42 Å². The molecule has 0 amide bonds. The van der Waals surface area contributed by atoms with Crippen LogP contribution in [0.25, 0.3) is 0 Å². The van der Waals surface area contributed by atoms with E-state index >= 15 is 0 Å². The van der Waals surface area contributed by atoms with E-state index in [0.29, 0.717) is 0 Å². The maximum Gasteiger partial charge on any atom is 0.294 e. The van der Waals surface area contributed by atoms with E-state index in [4.69, 9.17) is 4.55 Å². The van der Waals surface area contributed by atoms with Gasteiger partial charge in [-0.25, -0.2) is 0 Å². The topological polar surface area (TPSA) is 66.7 Å². The molecule has 1 aliphatic heterocycles. The lowest BCUT2D eigenvalue weighted by atomic mass is 9.82. The zero-order chi connectivity index (χ0) is 12.1. The van der Waals surface area contributed by atoms with E-state index in [-0.39, 0.29) is 10.3 Å². The minimum atomic E-state index is -4.14. The molecule has 1 aromatic carbocycles. The third-order valence-electron chi connectivity index (χ3n) is 3.13. The summed E-state index contributed by atoms with van der Waals surface area (Å²) in [6.07, 6.45) is 0. The molecule has 0 spiro atoms. The molecule has 86 valence electrons. The van der Waals surface area contributed by atoms with Crippen molar-refractivity contribution in [3.8, 4) is 0 Å². The molecule has 1 aromatic rings. The molecule has 5 heteroatoms. The van der Waals surface area contributed by atoms with Gasteiger partial charge in [0.05, 0.1) is 10.6 Å². The van der Waals surface area contributed by atoms with Crippen LogP contribution >= 0.6 is 0 Å². The molecule has 1 heterocycles. The smallest absolute Gasteiger partial charge is 0.282 e. The van der Waals surface area contributed by atoms with Gasteiger partial charge in [-0.2, -0.15) is 8.42 Å². The first-order valence-corrected chi connectivity index (χ1v) is 6.35. The summed E-state index contributed by atoms with van der Waals surface area (Å²) in [6, 6.07) is 4.48. The Kier molecular flexibility index (Phi) is 2.22. The number of hydrogen-bond donors (Lipinski definition) is 1. The van der Waals surface area contributed by atoms with E-state index in [0.717, 1.165) is 17.0 Å². The third kappa shape index (κ3) is 1.56. The maximum atomic E-state index is 11.0. The molecule has 16 heavy (non-hydrogen) atoms. The van der Waals surface area contributed by atoms with Crippen molar-refractivity contribution in [1.82, 2.24) is 0 Å². The van der Waals surface area contributed by atoms with Crippen molar-refractivity contribution in [2.24, 2.45) is 4.99 Å². The van der Waals surface area contributed by atoms with Gasteiger partial charge >= 0.3 is 0 Å². The van der Waals surface area contributed by atoms with Gasteiger partial charge in [-0.3, -0.25) is 9.55 Å². The quantitative estimate of drug-likeness (QED) is 0.765. The molecule has 4 nitrogen and oxygen atoms in total. The molecule has 0 aromatic heterocycles. The summed E-state index contributed by atoms with van der Waals surface area (Å²) < 4.78 is 31.1. The summed E-state index contributed by atoms with van der Waals surface area (Å²) in [4.78, 5) is 4.29. The average molecular weight is 239 g/mol. The molecule has 0 unspecified atom stereocenters. The SMILES string of the molecule is CC1=Nc2ccc(S(=O)(=O)O)cc2C1(C)C. The second-order valence-electron chi connectivity index (χ2n) is 4.48. The van der Waals surface area contributed by atoms with Crippen molar-refractivity contribution in [1.29, 1.82) is 0 Å². The zero-order valence-corrected chi connectivity index (χ0v) is 10.2. The van der Waals surface area contributed by atoms with Crippen molar-refractivity contribution >= 4 is 21.5 Å². The maximum absolute atomic E-state index is 11.0. The molecule has 1 aliphatic rings. The lowest BCUT2D eigenvalue weighted by molar-refractivity contribution is 0.483. The Morgan fingerprint density at radius 3 is 2.50 bits per heavy atom. The minimum Gasteiger partial charge on any atom is -0.282 e. The lowest BCUT2D eigenvalue weighted by Crippen LogP contribution is -2.22. The largest absolute Gasteiger partial charge is 0.294 e. The molecule has 0 saturated heterocycles. The van der Waals surface area contributed by atoms with E-state index in [1.165, 1.54) is 12.1 Å². The second kappa shape index (κ2) is 3.15. The Morgan fingerprint density at radius 2 is 1.94 bits per heavy atom. The van der Waals surface area contributed by atoms with E-state index < -0.39 is 10.1 Å². The highest BCUT2D eigenvalue weighted by Crippen LogP contribution is 2.40. The highest BCUT2D eigenvalue weighted by Gasteiger charge is 2.33. The molecule has 0 atom stereocenters. The van der Waals surface area contributed by atoms with Crippen LogP contribution in [0.15, 0.2) is 28.1 Å². The van der Waals surface area contributed by atoms with Gasteiger partial charge in [-0.15, -0.1) is 0 Å². The average Bonchev–Trinajstić information content (AvgIpc) is 2.37. The van der Waals surface area contributed by atoms with Gasteiger partial charge in [0.1, 0.15) is 0 Å². The first kappa shape index (κ1) is 11.3. The molecule has 0 bridgehead atoms. The van der Waals surface area contributed by atoms with Crippen LogP contribution in [0.3, 0.4) is 0 Å². The number of nitrogens with zero attached hydrogens (tertiary/aromatic N) is 1. The number of hydrogen-bond acceptors (Lipinski definition) is 3. The fourth-order valence-corrected chi connectivity index (χ4v) is 2.30. The molecule has 2 rings (SSSR count). The zero-order valence-electron chi connectivity index (χ0n) is 9.35. The van der Waals surface area contributed by atoms with Crippen molar-refractivity contribution in [2.75, 3.05) is 0 Å². The number of rotatable bonds is 1. The van der Waals surface area contributed by atoms with E-state index in [2.05, 4.69) is 4.99 Å². The lowest BCUT2D eigenvalue weighted by Gasteiger charge is -2.20. The molecular weight excluding hydrogens is 226 g/mol. The van der Waals surface area contributed by atoms with E-state index in [1.54, 1.807) is 6.07 Å². The van der Waals surface area contributed by atoms with Crippen LogP contribution in [0.4, 0.5) is 5.69 Å². The summed E-state index contributed by atoms with van der Waals surface area (Å²) in [7, 11) is -4.14. The fraction of sp³-hybridized carbons (Fsp3) is 0.364. The van der Waals surface area contributed by atoms with Crippen molar-refractivity contribution < 1.29 is 13.0 Å². The summed E-state index contributed by atoms with van der Waals surface area (Å²) in [5.74, 6) is 0. The number of benzene rings is 1. The molecule has 1 N–H and O–H groups in total. The molecule has 0 radical (unpaired) electrons. The van der Waals surface area contributed by atoms with Gasteiger partial charge < -0.3 is 0 Å². The van der Waals surface area contributed by atoms with Crippen LogP contribution in [0, 0.1) is 0 Å². The van der Waals surface area contributed by atoms with Crippen molar-refractivity contribution in [3.05, 3.63) is 23.8 Å². The summed E-state index contributed by atoms with van der Waals surface area (Å²) >= 11 is 0. The van der Waals surface area contributed by atoms with Gasteiger partial charge in [-0.1, -0.05) is 13.8 Å². The summed E-state index contributed by atoms with van der Waals surface area (Å²) in [6.45, 7) is 5.87. The number of fused-ring (bicyclic) bond motifs is 1. The Bertz CT molecular complexity index is 585. The number of aliphatic imine (C=N–C) groups is 1. The van der Waals surface area contributed by atoms with E-state index in [1.807, 2.05) is 20.8 Å². The Morgan fingerprint density at radius 1 is 1.31 bits per heavy atom. The fourth-order valence-electron chi connectivity index (χ4n) is 1.79. The minimum absolute atomic E-state index is 0.0794. The predicted molar refractivity (Wildman–Crippen MR) is 62.1 cm³/mol. The van der Waals surface area contributed by atoms with Crippen LogP contribution in [-0.2, 0) is 15.5 Å². The Labute approximate surface area is 94.8 Å². The van der Waals surface area contributed by atoms with Crippen LogP contribution in [0.2, 0.25) is 0 Å². The van der Waals surface area contributed by atoms with Gasteiger partial charge in [0.25, 0.3) is 10.1 Å². The van der Waals surface area contributed by atoms with Crippen LogP contribution in [-0.4, -0.2) is 18.7 Å². The highest BCUT2D eigenvalue weighted by molar-refractivity contribution is 7.85. The normalized spacial score (nSPS) is 18.1. The van der Waals surface area contributed by atoms with Crippen molar-refractivity contribution in [3.63, 3.8) is 0 Å². The van der Waals surface area contributed by atoms with Gasteiger partial charge in [-0.05, 0) is 30.7 Å². The van der Waals surface area contributed by atoms with Gasteiger partial charge in [0.15, 0.2) is 0 Å². The van der Waals surface area contributed by atoms with Gasteiger partial charge in [0.2, 0.25) is 0 Å². The first-order valence-electron chi connectivity index (χ1n) is 4.91. The highest BCUT2D eigenvalue weighted by atomic mass is 32.2. The summed E-state index contributed by atoms with van der Waals surface area (Å²) in [5, 5.41) is 0. The third-order valence-corrected chi connectivity index (χ3v) is 3.98. The monoisotopic (exact) mass is 239 g/mol. The molecule has 0 aliphatic carbocycles. The summed E-state index contributed by atoms with van der Waals surface area (Å²) in [5.41, 5.74) is 2.26. The first-order chi connectivity index (χ1) is 7.23. The Balaban J connectivity index is 2.66. The van der Waals surface area contributed by atoms with Crippen molar-refractivity contribution in [2.45, 2.75) is 31.1 Å². The second-order valence-corrected chi connectivity index (χ2v) is 5.90. The standard InChI is InChI=1S/C11H13NO3S/c1-7-11(2,3)9-6-8(16(13,14)15)4-5-10(9)12-7/h4-6H,1-3H3,(H,13,14,15).